The Kier molecular flexibility index (Phi) is 7.57. The summed E-state index contributed by atoms with van der Waals surface area (Å²) in [6.07, 6.45) is 3.80. The van der Waals surface area contributed by atoms with Crippen LogP contribution in [-0.4, -0.2) is 72.3 Å². The number of halogens is 1. The minimum absolute atomic E-state index is 0.0347. The quantitative estimate of drug-likeness (QED) is 0.630. The fourth-order valence-corrected chi connectivity index (χ4v) is 4.74. The van der Waals surface area contributed by atoms with Gasteiger partial charge in [-0.05, 0) is 67.3 Å². The summed E-state index contributed by atoms with van der Waals surface area (Å²) in [7, 11) is 0. The van der Waals surface area contributed by atoms with Crippen LogP contribution in [0.5, 0.6) is 0 Å². The van der Waals surface area contributed by atoms with Crippen molar-refractivity contribution in [2.24, 2.45) is 5.73 Å². The van der Waals surface area contributed by atoms with Crippen LogP contribution in [-0.2, 0) is 4.74 Å². The molecule has 4 rings (SSSR count). The Hall–Kier alpha value is -2.45. The molecule has 0 radical (unpaired) electrons. The van der Waals surface area contributed by atoms with Crippen LogP contribution in [0.2, 0.25) is 5.02 Å². The first-order valence-electron chi connectivity index (χ1n) is 11.8. The SMILES string of the molecule is CC(C)(C)OC(=O)N1CCN(C2c3ccc(Cl)cc3C(CNCCN)=Cc3cccnc32)CC1. The fraction of sp³-hybridized carbons (Fsp3) is 0.462. The molecule has 1 aliphatic heterocycles. The molecule has 1 aliphatic carbocycles. The van der Waals surface area contributed by atoms with Gasteiger partial charge in [-0.2, -0.15) is 0 Å². The normalized spacial score (nSPS) is 18.6. The van der Waals surface area contributed by atoms with Gasteiger partial charge < -0.3 is 20.7 Å². The van der Waals surface area contributed by atoms with Crippen LogP contribution in [0.1, 0.15) is 49.2 Å². The van der Waals surface area contributed by atoms with Crippen LogP contribution in [0.4, 0.5) is 4.79 Å². The van der Waals surface area contributed by atoms with Crippen LogP contribution >= 0.6 is 11.6 Å². The predicted molar refractivity (Wildman–Crippen MR) is 137 cm³/mol. The van der Waals surface area contributed by atoms with E-state index in [1.54, 1.807) is 4.90 Å². The molecular formula is C26H34ClN5O2. The maximum Gasteiger partial charge on any atom is 0.410 e. The number of carbonyl (C=O) groups is 1. The van der Waals surface area contributed by atoms with Gasteiger partial charge in [0.25, 0.3) is 0 Å². The van der Waals surface area contributed by atoms with Gasteiger partial charge >= 0.3 is 6.09 Å². The molecule has 1 aromatic carbocycles. The lowest BCUT2D eigenvalue weighted by Gasteiger charge is -2.40. The molecule has 1 fully saturated rings. The Morgan fingerprint density at radius 3 is 2.71 bits per heavy atom. The topological polar surface area (TPSA) is 83.7 Å². The van der Waals surface area contributed by atoms with Crippen molar-refractivity contribution in [3.05, 3.63) is 63.9 Å². The van der Waals surface area contributed by atoms with Gasteiger partial charge in [0.15, 0.2) is 0 Å². The molecular weight excluding hydrogens is 450 g/mol. The number of nitrogens with zero attached hydrogens (tertiary/aromatic N) is 3. The lowest BCUT2D eigenvalue weighted by molar-refractivity contribution is 0.0118. The van der Waals surface area contributed by atoms with Crippen LogP contribution in [0, 0.1) is 0 Å². The third-order valence-corrected chi connectivity index (χ3v) is 6.32. The van der Waals surface area contributed by atoms with Crippen molar-refractivity contribution >= 4 is 29.3 Å². The summed E-state index contributed by atoms with van der Waals surface area (Å²) in [4.78, 5) is 21.6. The third-order valence-electron chi connectivity index (χ3n) is 6.08. The third kappa shape index (κ3) is 5.61. The maximum atomic E-state index is 12.6. The number of ether oxygens (including phenoxy) is 1. The van der Waals surface area contributed by atoms with Crippen LogP contribution < -0.4 is 11.1 Å². The largest absolute Gasteiger partial charge is 0.444 e. The van der Waals surface area contributed by atoms with E-state index in [0.29, 0.717) is 31.2 Å². The Morgan fingerprint density at radius 1 is 1.24 bits per heavy atom. The Morgan fingerprint density at radius 2 is 2.00 bits per heavy atom. The second-order valence-corrected chi connectivity index (χ2v) is 10.2. The monoisotopic (exact) mass is 483 g/mol. The number of pyridine rings is 1. The number of nitrogens with two attached hydrogens (primary N) is 1. The second kappa shape index (κ2) is 10.4. The van der Waals surface area contributed by atoms with E-state index in [2.05, 4.69) is 28.4 Å². The van der Waals surface area contributed by atoms with E-state index in [-0.39, 0.29) is 12.1 Å². The summed E-state index contributed by atoms with van der Waals surface area (Å²) in [6.45, 7) is 10.4. The molecule has 1 atom stereocenters. The molecule has 0 spiro atoms. The minimum Gasteiger partial charge on any atom is -0.444 e. The summed E-state index contributed by atoms with van der Waals surface area (Å²) in [5, 5.41) is 4.13. The number of carbonyl (C=O) groups excluding carboxylic acids is 1. The summed E-state index contributed by atoms with van der Waals surface area (Å²) >= 11 is 6.45. The van der Waals surface area contributed by atoms with E-state index in [4.69, 9.17) is 27.1 Å². The Bertz CT molecular complexity index is 1060. The van der Waals surface area contributed by atoms with E-state index in [1.807, 2.05) is 45.2 Å². The summed E-state index contributed by atoms with van der Waals surface area (Å²) in [5.41, 5.74) is 10.8. The summed E-state index contributed by atoms with van der Waals surface area (Å²) in [6, 6.07) is 10.2. The zero-order valence-electron chi connectivity index (χ0n) is 20.2. The van der Waals surface area contributed by atoms with E-state index < -0.39 is 5.60 Å². The summed E-state index contributed by atoms with van der Waals surface area (Å²) < 4.78 is 5.58. The van der Waals surface area contributed by atoms with Gasteiger partial charge in [0, 0.05) is 57.0 Å². The number of nitrogens with one attached hydrogen (secondary N) is 1. The average Bonchev–Trinajstić information content (AvgIpc) is 2.92. The molecule has 1 aromatic heterocycles. The first-order valence-corrected chi connectivity index (χ1v) is 12.2. The van der Waals surface area contributed by atoms with Crippen LogP contribution in [0.3, 0.4) is 0 Å². The highest BCUT2D eigenvalue weighted by atomic mass is 35.5. The molecule has 182 valence electrons. The predicted octanol–water partition coefficient (Wildman–Crippen LogP) is 3.78. The zero-order chi connectivity index (χ0) is 24.3. The van der Waals surface area contributed by atoms with E-state index in [9.17, 15) is 4.79 Å². The van der Waals surface area contributed by atoms with Crippen molar-refractivity contribution in [3.63, 3.8) is 0 Å². The van der Waals surface area contributed by atoms with Gasteiger partial charge in [0.2, 0.25) is 0 Å². The lowest BCUT2D eigenvalue weighted by atomic mass is 9.93. The molecule has 2 heterocycles. The molecule has 7 nitrogen and oxygen atoms in total. The zero-order valence-corrected chi connectivity index (χ0v) is 20.9. The van der Waals surface area contributed by atoms with Crippen molar-refractivity contribution in [2.45, 2.75) is 32.4 Å². The van der Waals surface area contributed by atoms with Crippen molar-refractivity contribution in [2.75, 3.05) is 45.8 Å². The second-order valence-electron chi connectivity index (χ2n) is 9.75. The van der Waals surface area contributed by atoms with Gasteiger partial charge in [0.1, 0.15) is 5.60 Å². The lowest BCUT2D eigenvalue weighted by Crippen LogP contribution is -2.51. The number of fused-ring (bicyclic) bond motifs is 2. The van der Waals surface area contributed by atoms with Crippen molar-refractivity contribution in [1.82, 2.24) is 20.1 Å². The van der Waals surface area contributed by atoms with E-state index in [0.717, 1.165) is 42.0 Å². The van der Waals surface area contributed by atoms with Crippen molar-refractivity contribution < 1.29 is 9.53 Å². The number of hydrogen-bond acceptors (Lipinski definition) is 6. The van der Waals surface area contributed by atoms with Crippen LogP contribution in [0.15, 0.2) is 36.5 Å². The number of piperazine rings is 1. The number of benzene rings is 1. The molecule has 0 saturated carbocycles. The number of aromatic nitrogens is 1. The molecule has 1 amide bonds. The van der Waals surface area contributed by atoms with Gasteiger partial charge in [-0.3, -0.25) is 9.88 Å². The maximum absolute atomic E-state index is 12.6. The molecule has 1 unspecified atom stereocenters. The first-order chi connectivity index (χ1) is 16.3. The highest BCUT2D eigenvalue weighted by Gasteiger charge is 2.34. The van der Waals surface area contributed by atoms with Gasteiger partial charge in [-0.15, -0.1) is 0 Å². The molecule has 2 aromatic rings. The average molecular weight is 484 g/mol. The van der Waals surface area contributed by atoms with E-state index in [1.165, 1.54) is 5.56 Å². The minimum atomic E-state index is -0.503. The highest BCUT2D eigenvalue weighted by Crippen LogP contribution is 2.40. The Labute approximate surface area is 206 Å². The highest BCUT2D eigenvalue weighted by molar-refractivity contribution is 6.30. The van der Waals surface area contributed by atoms with Crippen molar-refractivity contribution in [3.8, 4) is 0 Å². The number of hydrogen-bond donors (Lipinski definition) is 2. The summed E-state index contributed by atoms with van der Waals surface area (Å²) in [5.74, 6) is 0. The van der Waals surface area contributed by atoms with Crippen molar-refractivity contribution in [1.29, 1.82) is 0 Å². The van der Waals surface area contributed by atoms with Gasteiger partial charge in [0.05, 0.1) is 11.7 Å². The standard InChI is InChI=1S/C26H34ClN5O2/c1-26(2,3)34-25(33)32-13-11-31(12-14-32)24-21-7-6-20(27)16-22(21)19(17-29-10-8-28)15-18-5-4-9-30-23(18)24/h4-7,9,15-16,24,29H,8,10-14,17,28H2,1-3H3. The molecule has 2 aliphatic rings. The molecule has 0 bridgehead atoms. The van der Waals surface area contributed by atoms with E-state index >= 15 is 0 Å². The molecule has 1 saturated heterocycles. The Balaban J connectivity index is 1.65. The van der Waals surface area contributed by atoms with Gasteiger partial charge in [-0.25, -0.2) is 4.79 Å². The van der Waals surface area contributed by atoms with Gasteiger partial charge in [-0.1, -0.05) is 23.7 Å². The molecule has 34 heavy (non-hydrogen) atoms. The fourth-order valence-electron chi connectivity index (χ4n) is 4.57. The first kappa shape index (κ1) is 24.7. The molecule has 8 heteroatoms. The van der Waals surface area contributed by atoms with Crippen LogP contribution in [0.25, 0.3) is 11.6 Å². The number of rotatable bonds is 5. The number of amides is 1. The smallest absolute Gasteiger partial charge is 0.410 e. The molecule has 3 N–H and O–H groups in total.